The third-order valence-electron chi connectivity index (χ3n) is 6.45. The number of fused-ring (bicyclic) bond motifs is 1. The van der Waals surface area contributed by atoms with Crippen molar-refractivity contribution in [3.05, 3.63) is 24.0 Å². The molecule has 1 saturated carbocycles. The molecule has 0 amide bonds. The van der Waals surface area contributed by atoms with E-state index in [1.807, 2.05) is 10.7 Å². The first-order valence-electron chi connectivity index (χ1n) is 10.1. The lowest BCUT2D eigenvalue weighted by Gasteiger charge is -2.36. The molecule has 0 unspecified atom stereocenters. The van der Waals surface area contributed by atoms with Crippen LogP contribution in [-0.2, 0) is 10.2 Å². The number of nitrogens with two attached hydrogens (primary N) is 1. The maximum absolute atomic E-state index is 12.7. The first-order valence-corrected chi connectivity index (χ1v) is 10.1. The minimum absolute atomic E-state index is 0.0532. The van der Waals surface area contributed by atoms with Crippen LogP contribution in [0.1, 0.15) is 32.0 Å². The van der Waals surface area contributed by atoms with Gasteiger partial charge in [-0.2, -0.15) is 5.10 Å². The summed E-state index contributed by atoms with van der Waals surface area (Å²) in [6.07, 6.45) is -2.29. The predicted octanol–water partition coefficient (Wildman–Crippen LogP) is 2.98. The van der Waals surface area contributed by atoms with E-state index in [0.717, 1.165) is 38.4 Å². The second kappa shape index (κ2) is 6.58. The van der Waals surface area contributed by atoms with E-state index < -0.39 is 12.1 Å². The van der Waals surface area contributed by atoms with Gasteiger partial charge in [0.1, 0.15) is 0 Å². The summed E-state index contributed by atoms with van der Waals surface area (Å²) in [7, 11) is 0. The molecule has 3 aliphatic rings. The first kappa shape index (κ1) is 19.6. The van der Waals surface area contributed by atoms with Gasteiger partial charge in [-0.3, -0.25) is 9.58 Å². The summed E-state index contributed by atoms with van der Waals surface area (Å²) in [5.41, 5.74) is 7.78. The summed E-state index contributed by atoms with van der Waals surface area (Å²) < 4.78 is 49.4. The van der Waals surface area contributed by atoms with Crippen LogP contribution >= 0.6 is 0 Å². The Morgan fingerprint density at radius 2 is 2.07 bits per heavy atom. The van der Waals surface area contributed by atoms with Gasteiger partial charge in [0, 0.05) is 42.0 Å². The highest BCUT2D eigenvalue weighted by molar-refractivity contribution is 5.65. The molecule has 30 heavy (non-hydrogen) atoms. The lowest BCUT2D eigenvalue weighted by molar-refractivity contribution is -0.274. The smallest absolute Gasteiger partial charge is 0.402 e. The average Bonchev–Trinajstić information content (AvgIpc) is 2.99. The van der Waals surface area contributed by atoms with Crippen LogP contribution < -0.4 is 10.5 Å². The van der Waals surface area contributed by atoms with Gasteiger partial charge >= 0.3 is 6.36 Å². The van der Waals surface area contributed by atoms with Crippen molar-refractivity contribution in [2.24, 2.45) is 5.92 Å². The Balaban J connectivity index is 1.48. The molecular weight excluding hydrogens is 399 g/mol. The van der Waals surface area contributed by atoms with Crippen molar-refractivity contribution in [1.29, 1.82) is 0 Å². The Kier molecular flexibility index (Phi) is 4.31. The van der Waals surface area contributed by atoms with Crippen LogP contribution in [0.5, 0.6) is 5.75 Å². The number of hydrogen-bond acceptors (Lipinski definition) is 6. The molecule has 2 saturated heterocycles. The molecule has 2 aromatic heterocycles. The topological polar surface area (TPSA) is 78.4 Å². The zero-order valence-corrected chi connectivity index (χ0v) is 16.8. The normalized spacial score (nSPS) is 26.7. The highest BCUT2D eigenvalue weighted by atomic mass is 19.4. The molecule has 2 N–H and O–H groups in total. The number of halogens is 3. The average molecular weight is 423 g/mol. The van der Waals surface area contributed by atoms with Crippen LogP contribution in [0.15, 0.2) is 18.3 Å². The van der Waals surface area contributed by atoms with E-state index in [1.54, 1.807) is 0 Å². The SMILES string of the molecule is CC(C)n1nc(-c2cnc(N)c(OC(F)(F)F)c2)cc1[C@]12C[C@@H]1CN(C1COC1)C2. The van der Waals surface area contributed by atoms with Crippen LogP contribution in [0, 0.1) is 5.92 Å². The maximum Gasteiger partial charge on any atom is 0.573 e. The number of nitrogen functional groups attached to an aromatic ring is 1. The zero-order valence-electron chi connectivity index (χ0n) is 16.8. The molecule has 5 rings (SSSR count). The van der Waals surface area contributed by atoms with Gasteiger partial charge in [0.15, 0.2) is 11.6 Å². The summed E-state index contributed by atoms with van der Waals surface area (Å²) in [5, 5.41) is 4.72. The second-order valence-corrected chi connectivity index (χ2v) is 8.79. The Hall–Kier alpha value is -2.33. The van der Waals surface area contributed by atoms with E-state index >= 15 is 0 Å². The number of hydrogen-bond donors (Lipinski definition) is 1. The molecule has 10 heteroatoms. The molecular formula is C20H24F3N5O2. The molecule has 1 aliphatic carbocycles. The molecule has 4 heterocycles. The number of pyridine rings is 1. The van der Waals surface area contributed by atoms with Gasteiger partial charge in [0.05, 0.1) is 24.9 Å². The Bertz CT molecular complexity index is 972. The number of piperidine rings is 1. The van der Waals surface area contributed by atoms with Crippen molar-refractivity contribution in [2.45, 2.75) is 44.1 Å². The van der Waals surface area contributed by atoms with Crippen molar-refractivity contribution >= 4 is 5.82 Å². The van der Waals surface area contributed by atoms with Crippen molar-refractivity contribution in [3.63, 3.8) is 0 Å². The number of anilines is 1. The summed E-state index contributed by atoms with van der Waals surface area (Å²) in [6.45, 7) is 7.71. The van der Waals surface area contributed by atoms with Crippen LogP contribution in [0.4, 0.5) is 19.0 Å². The standard InChI is InChI=1S/C20H24F3N5O2/c1-11(2)28-17(19-5-13(19)7-27(10-19)14-8-29-9-14)4-15(26-28)12-3-16(18(24)25-6-12)30-20(21,22)23/h3-4,6,11,13-14H,5,7-10H2,1-2H3,(H2,24,25)/t13-,19+/m1/s1. The van der Waals surface area contributed by atoms with Crippen LogP contribution in [-0.4, -0.2) is 58.4 Å². The first-order chi connectivity index (χ1) is 14.2. The number of aromatic nitrogens is 3. The van der Waals surface area contributed by atoms with E-state index in [-0.39, 0.29) is 17.3 Å². The van der Waals surface area contributed by atoms with Gasteiger partial charge in [-0.25, -0.2) is 4.98 Å². The maximum atomic E-state index is 12.7. The molecule has 2 atom stereocenters. The van der Waals surface area contributed by atoms with Crippen LogP contribution in [0.2, 0.25) is 0 Å². The fourth-order valence-corrected chi connectivity index (χ4v) is 4.73. The Morgan fingerprint density at radius 3 is 2.70 bits per heavy atom. The van der Waals surface area contributed by atoms with Gasteiger partial charge in [0.2, 0.25) is 0 Å². The molecule has 7 nitrogen and oxygen atoms in total. The molecule has 2 aromatic rings. The summed E-state index contributed by atoms with van der Waals surface area (Å²) in [5.74, 6) is -0.247. The highest BCUT2D eigenvalue weighted by Gasteiger charge is 2.63. The van der Waals surface area contributed by atoms with Crippen molar-refractivity contribution < 1.29 is 22.6 Å². The summed E-state index contributed by atoms with van der Waals surface area (Å²) in [4.78, 5) is 6.38. The number of ether oxygens (including phenoxy) is 2. The Labute approximate surface area is 172 Å². The van der Waals surface area contributed by atoms with Gasteiger partial charge in [0.25, 0.3) is 0 Å². The molecule has 0 spiro atoms. The van der Waals surface area contributed by atoms with Crippen molar-refractivity contribution in [3.8, 4) is 17.0 Å². The fourth-order valence-electron chi connectivity index (χ4n) is 4.73. The molecule has 2 aliphatic heterocycles. The Morgan fingerprint density at radius 1 is 1.30 bits per heavy atom. The third kappa shape index (κ3) is 3.22. The molecule has 0 aromatic carbocycles. The quantitative estimate of drug-likeness (QED) is 0.797. The number of nitrogens with zero attached hydrogens (tertiary/aromatic N) is 4. The molecule has 3 fully saturated rings. The van der Waals surface area contributed by atoms with E-state index in [4.69, 9.17) is 15.6 Å². The number of likely N-dealkylation sites (tertiary alicyclic amines) is 1. The van der Waals surface area contributed by atoms with E-state index in [9.17, 15) is 13.2 Å². The minimum Gasteiger partial charge on any atom is -0.402 e. The van der Waals surface area contributed by atoms with Crippen molar-refractivity contribution in [1.82, 2.24) is 19.7 Å². The monoisotopic (exact) mass is 423 g/mol. The number of alkyl halides is 3. The molecule has 162 valence electrons. The van der Waals surface area contributed by atoms with Gasteiger partial charge in [-0.15, -0.1) is 13.2 Å². The van der Waals surface area contributed by atoms with Gasteiger partial charge < -0.3 is 15.2 Å². The number of rotatable bonds is 5. The molecule has 0 radical (unpaired) electrons. The van der Waals surface area contributed by atoms with Gasteiger partial charge in [-0.05, 0) is 38.3 Å². The zero-order chi connectivity index (χ0) is 21.3. The summed E-state index contributed by atoms with van der Waals surface area (Å²) >= 11 is 0. The van der Waals surface area contributed by atoms with E-state index in [1.165, 1.54) is 12.3 Å². The van der Waals surface area contributed by atoms with Gasteiger partial charge in [-0.1, -0.05) is 0 Å². The van der Waals surface area contributed by atoms with Crippen LogP contribution in [0.3, 0.4) is 0 Å². The van der Waals surface area contributed by atoms with Crippen molar-refractivity contribution in [2.75, 3.05) is 32.0 Å². The molecule has 0 bridgehead atoms. The lowest BCUT2D eigenvalue weighted by atomic mass is 9.99. The fraction of sp³-hybridized carbons (Fsp3) is 0.600. The predicted molar refractivity (Wildman–Crippen MR) is 103 cm³/mol. The largest absolute Gasteiger partial charge is 0.573 e. The van der Waals surface area contributed by atoms with E-state index in [0.29, 0.717) is 23.2 Å². The second-order valence-electron chi connectivity index (χ2n) is 8.79. The third-order valence-corrected chi connectivity index (χ3v) is 6.45. The highest BCUT2D eigenvalue weighted by Crippen LogP contribution is 2.60. The van der Waals surface area contributed by atoms with E-state index in [2.05, 4.69) is 28.5 Å². The summed E-state index contributed by atoms with van der Waals surface area (Å²) in [6, 6.07) is 3.86. The van der Waals surface area contributed by atoms with Crippen LogP contribution in [0.25, 0.3) is 11.3 Å². The minimum atomic E-state index is -4.84. The lowest BCUT2D eigenvalue weighted by Crippen LogP contribution is -2.49.